The molecule has 3 nitrogen and oxygen atoms in total. The second kappa shape index (κ2) is 5.74. The van der Waals surface area contributed by atoms with Crippen molar-refractivity contribution in [3.63, 3.8) is 0 Å². The van der Waals surface area contributed by atoms with Gasteiger partial charge in [-0.05, 0) is 36.2 Å². The number of para-hydroxylation sites is 1. The third kappa shape index (κ3) is 3.00. The molecule has 1 atom stereocenters. The van der Waals surface area contributed by atoms with Crippen LogP contribution in [0.3, 0.4) is 0 Å². The van der Waals surface area contributed by atoms with Crippen LogP contribution in [0.4, 0.5) is 10.1 Å². The number of fused-ring (bicyclic) bond motifs is 1. The molecule has 1 amide bonds. The Balaban J connectivity index is 1.72. The lowest BCUT2D eigenvalue weighted by Gasteiger charge is -2.24. The van der Waals surface area contributed by atoms with Crippen molar-refractivity contribution in [2.45, 2.75) is 6.42 Å². The molecular weight excluding hydrogens is 293 g/mol. The van der Waals surface area contributed by atoms with Crippen molar-refractivity contribution in [1.29, 1.82) is 0 Å². The van der Waals surface area contributed by atoms with Crippen molar-refractivity contribution < 1.29 is 13.9 Å². The molecule has 5 heteroatoms. The molecule has 3 rings (SSSR count). The number of nitrogens with one attached hydrogen (secondary N) is 1. The molecule has 21 heavy (non-hydrogen) atoms. The molecule has 1 aliphatic rings. The van der Waals surface area contributed by atoms with E-state index in [0.29, 0.717) is 11.4 Å². The van der Waals surface area contributed by atoms with Crippen LogP contribution < -0.4 is 10.1 Å². The lowest BCUT2D eigenvalue weighted by molar-refractivity contribution is -0.121. The van der Waals surface area contributed by atoms with Crippen molar-refractivity contribution in [3.05, 3.63) is 58.9 Å². The van der Waals surface area contributed by atoms with E-state index in [2.05, 4.69) is 5.32 Å². The minimum atomic E-state index is -0.548. The normalized spacial score (nSPS) is 16.8. The Bertz CT molecular complexity index is 690. The second-order valence-corrected chi connectivity index (χ2v) is 5.37. The van der Waals surface area contributed by atoms with Crippen molar-refractivity contribution >= 4 is 23.2 Å². The number of hydrogen-bond donors (Lipinski definition) is 1. The smallest absolute Gasteiger partial charge is 0.231 e. The molecule has 2 aromatic carbocycles. The summed E-state index contributed by atoms with van der Waals surface area (Å²) in [4.78, 5) is 12.2. The Labute approximate surface area is 126 Å². The summed E-state index contributed by atoms with van der Waals surface area (Å²) in [6.45, 7) is 0.290. The molecule has 0 aliphatic carbocycles. The van der Waals surface area contributed by atoms with E-state index >= 15 is 0 Å². The number of amides is 1. The van der Waals surface area contributed by atoms with Gasteiger partial charge < -0.3 is 10.1 Å². The van der Waals surface area contributed by atoms with Crippen LogP contribution in [0.25, 0.3) is 0 Å². The number of benzene rings is 2. The van der Waals surface area contributed by atoms with Crippen LogP contribution in [0.5, 0.6) is 5.75 Å². The van der Waals surface area contributed by atoms with E-state index in [1.54, 1.807) is 0 Å². The van der Waals surface area contributed by atoms with E-state index < -0.39 is 5.82 Å². The summed E-state index contributed by atoms with van der Waals surface area (Å²) in [5.74, 6) is -0.340. The standard InChI is InChI=1S/C16H13ClFNO2/c17-12-5-6-14(13(18)8-12)19-16(20)11-7-10-3-1-2-4-15(10)21-9-11/h1-6,8,11H,7,9H2,(H,19,20). The third-order valence-corrected chi connectivity index (χ3v) is 3.67. The van der Waals surface area contributed by atoms with Gasteiger partial charge >= 0.3 is 0 Å². The summed E-state index contributed by atoms with van der Waals surface area (Å²) in [6, 6.07) is 11.8. The fraction of sp³-hybridized carbons (Fsp3) is 0.188. The Morgan fingerprint density at radius 3 is 2.90 bits per heavy atom. The van der Waals surface area contributed by atoms with Gasteiger partial charge in [-0.2, -0.15) is 0 Å². The molecule has 0 bridgehead atoms. The Morgan fingerprint density at radius 1 is 1.29 bits per heavy atom. The van der Waals surface area contributed by atoms with E-state index in [1.807, 2.05) is 24.3 Å². The molecule has 0 saturated heterocycles. The zero-order valence-electron chi connectivity index (χ0n) is 11.1. The zero-order valence-corrected chi connectivity index (χ0v) is 11.9. The molecule has 108 valence electrons. The fourth-order valence-corrected chi connectivity index (χ4v) is 2.48. The summed E-state index contributed by atoms with van der Waals surface area (Å²) in [7, 11) is 0. The zero-order chi connectivity index (χ0) is 14.8. The topological polar surface area (TPSA) is 38.3 Å². The van der Waals surface area contributed by atoms with Gasteiger partial charge in [-0.1, -0.05) is 29.8 Å². The number of halogens is 2. The first kappa shape index (κ1) is 13.9. The van der Waals surface area contributed by atoms with Crippen LogP contribution in [-0.2, 0) is 11.2 Å². The van der Waals surface area contributed by atoms with Gasteiger partial charge in [-0.25, -0.2) is 4.39 Å². The lowest BCUT2D eigenvalue weighted by Crippen LogP contribution is -2.32. The Hall–Kier alpha value is -2.07. The number of carbonyl (C=O) groups excluding carboxylic acids is 1. The number of rotatable bonds is 2. The van der Waals surface area contributed by atoms with Crippen molar-refractivity contribution in [2.24, 2.45) is 5.92 Å². The highest BCUT2D eigenvalue weighted by Crippen LogP contribution is 2.28. The van der Waals surface area contributed by atoms with E-state index in [0.717, 1.165) is 11.3 Å². The highest BCUT2D eigenvalue weighted by atomic mass is 35.5. The summed E-state index contributed by atoms with van der Waals surface area (Å²) in [5, 5.41) is 2.88. The summed E-state index contributed by atoms with van der Waals surface area (Å²) in [5.41, 5.74) is 1.11. The molecule has 1 aliphatic heterocycles. The average Bonchev–Trinajstić information content (AvgIpc) is 2.49. The molecule has 1 heterocycles. The van der Waals surface area contributed by atoms with E-state index in [-0.39, 0.29) is 24.1 Å². The number of anilines is 1. The predicted molar refractivity (Wildman–Crippen MR) is 79.2 cm³/mol. The first-order valence-electron chi connectivity index (χ1n) is 6.60. The molecule has 0 aromatic heterocycles. The van der Waals surface area contributed by atoms with Gasteiger partial charge in [0.05, 0.1) is 11.6 Å². The third-order valence-electron chi connectivity index (χ3n) is 3.44. The highest BCUT2D eigenvalue weighted by Gasteiger charge is 2.26. The van der Waals surface area contributed by atoms with Crippen LogP contribution in [0.15, 0.2) is 42.5 Å². The largest absolute Gasteiger partial charge is 0.492 e. The maximum absolute atomic E-state index is 13.7. The summed E-state index contributed by atoms with van der Waals surface area (Å²) in [6.07, 6.45) is 0.581. The monoisotopic (exact) mass is 305 g/mol. The number of hydrogen-bond acceptors (Lipinski definition) is 2. The van der Waals surface area contributed by atoms with Gasteiger partial charge in [0, 0.05) is 5.02 Å². The van der Waals surface area contributed by atoms with Gasteiger partial charge in [0.1, 0.15) is 18.2 Å². The lowest BCUT2D eigenvalue weighted by atomic mass is 9.96. The van der Waals surface area contributed by atoms with Crippen LogP contribution in [0.2, 0.25) is 5.02 Å². The van der Waals surface area contributed by atoms with Crippen molar-refractivity contribution in [1.82, 2.24) is 0 Å². The number of ether oxygens (including phenoxy) is 1. The quantitative estimate of drug-likeness (QED) is 0.919. The molecular formula is C16H13ClFNO2. The van der Waals surface area contributed by atoms with Crippen LogP contribution in [0.1, 0.15) is 5.56 Å². The van der Waals surface area contributed by atoms with Crippen LogP contribution in [0, 0.1) is 11.7 Å². The molecule has 0 spiro atoms. The van der Waals surface area contributed by atoms with E-state index in [9.17, 15) is 9.18 Å². The summed E-state index contributed by atoms with van der Waals surface area (Å²) >= 11 is 5.69. The molecule has 1 unspecified atom stereocenters. The van der Waals surface area contributed by atoms with Crippen molar-refractivity contribution in [3.8, 4) is 5.75 Å². The van der Waals surface area contributed by atoms with Gasteiger partial charge in [-0.15, -0.1) is 0 Å². The van der Waals surface area contributed by atoms with Crippen LogP contribution in [-0.4, -0.2) is 12.5 Å². The first-order valence-corrected chi connectivity index (χ1v) is 6.98. The van der Waals surface area contributed by atoms with E-state index in [4.69, 9.17) is 16.3 Å². The summed E-state index contributed by atoms with van der Waals surface area (Å²) < 4.78 is 19.3. The maximum atomic E-state index is 13.7. The molecule has 2 aromatic rings. The number of carbonyl (C=O) groups is 1. The molecule has 1 N–H and O–H groups in total. The minimum absolute atomic E-state index is 0.128. The molecule has 0 radical (unpaired) electrons. The van der Waals surface area contributed by atoms with Gasteiger partial charge in [0.2, 0.25) is 5.91 Å². The van der Waals surface area contributed by atoms with Crippen LogP contribution >= 0.6 is 11.6 Å². The molecule has 0 saturated carbocycles. The second-order valence-electron chi connectivity index (χ2n) is 4.93. The highest BCUT2D eigenvalue weighted by molar-refractivity contribution is 6.30. The van der Waals surface area contributed by atoms with E-state index in [1.165, 1.54) is 18.2 Å². The van der Waals surface area contributed by atoms with Gasteiger partial charge in [0.15, 0.2) is 0 Å². The SMILES string of the molecule is O=C(Nc1ccc(Cl)cc1F)C1COc2ccccc2C1. The molecule has 0 fully saturated rings. The minimum Gasteiger partial charge on any atom is -0.492 e. The first-order chi connectivity index (χ1) is 10.1. The maximum Gasteiger partial charge on any atom is 0.231 e. The van der Waals surface area contributed by atoms with Crippen molar-refractivity contribution in [2.75, 3.05) is 11.9 Å². The Kier molecular flexibility index (Phi) is 3.80. The average molecular weight is 306 g/mol. The van der Waals surface area contributed by atoms with Gasteiger partial charge in [0.25, 0.3) is 0 Å². The Morgan fingerprint density at radius 2 is 2.10 bits per heavy atom. The predicted octanol–water partition coefficient (Wildman–Crippen LogP) is 3.67. The fourth-order valence-electron chi connectivity index (χ4n) is 2.32. The van der Waals surface area contributed by atoms with Gasteiger partial charge in [-0.3, -0.25) is 4.79 Å².